The Hall–Kier alpha value is -0.570. The van der Waals surface area contributed by atoms with Crippen molar-refractivity contribution in [3.05, 3.63) is 54.1 Å². The fourth-order valence-corrected chi connectivity index (χ4v) is 1.45. The topological polar surface area (TPSA) is 0 Å². The summed E-state index contributed by atoms with van der Waals surface area (Å²) in [6, 6.07) is 10.3. The van der Waals surface area contributed by atoms with Crippen LogP contribution in [0.4, 0.5) is 0 Å². The van der Waals surface area contributed by atoms with Gasteiger partial charge in [0.25, 0.3) is 0 Å². The van der Waals surface area contributed by atoms with Gasteiger partial charge in [-0.25, -0.2) is 0 Å². The van der Waals surface area contributed by atoms with Crippen molar-refractivity contribution in [2.75, 3.05) is 4.43 Å². The third-order valence-corrected chi connectivity index (χ3v) is 2.45. The first-order chi connectivity index (χ1) is 5.86. The second kappa shape index (κ2) is 5.14. The first-order valence-electron chi connectivity index (χ1n) is 3.81. The van der Waals surface area contributed by atoms with Gasteiger partial charge in [-0.3, -0.25) is 0 Å². The van der Waals surface area contributed by atoms with Crippen LogP contribution < -0.4 is 0 Å². The van der Waals surface area contributed by atoms with Gasteiger partial charge in [0.1, 0.15) is 0 Å². The van der Waals surface area contributed by atoms with E-state index in [9.17, 15) is 0 Å². The van der Waals surface area contributed by atoms with Crippen LogP contribution in [0.1, 0.15) is 5.56 Å². The van der Waals surface area contributed by atoms with Gasteiger partial charge >= 0.3 is 0 Å². The number of hydrogen-bond acceptors (Lipinski definition) is 0. The highest BCUT2D eigenvalue weighted by Crippen LogP contribution is 2.09. The van der Waals surface area contributed by atoms with Crippen LogP contribution in [0.2, 0.25) is 0 Å². The van der Waals surface area contributed by atoms with Crippen LogP contribution >= 0.6 is 22.6 Å². The van der Waals surface area contributed by atoms with E-state index in [0.717, 1.165) is 4.43 Å². The lowest BCUT2D eigenvalue weighted by Crippen LogP contribution is -1.78. The molecule has 0 aliphatic carbocycles. The first kappa shape index (κ1) is 9.52. The maximum Gasteiger partial charge on any atom is 0.0247 e. The Morgan fingerprint density at radius 1 is 1.33 bits per heavy atom. The molecular weight excluding hydrogens is 259 g/mol. The number of benzene rings is 1. The van der Waals surface area contributed by atoms with E-state index in [-0.39, 0.29) is 0 Å². The summed E-state index contributed by atoms with van der Waals surface area (Å²) < 4.78 is 1.01. The molecule has 0 unspecified atom stereocenters. The van der Waals surface area contributed by atoms with Crippen LogP contribution in [0.15, 0.2) is 48.6 Å². The molecule has 0 aliphatic rings. The minimum Gasteiger partial charge on any atom is -0.0988 e. The molecule has 1 heteroatoms. The van der Waals surface area contributed by atoms with Crippen molar-refractivity contribution in [2.24, 2.45) is 0 Å². The number of alkyl halides is 1. The molecule has 1 rings (SSSR count). The summed E-state index contributed by atoms with van der Waals surface area (Å²) in [5.41, 5.74) is 2.51. The summed E-state index contributed by atoms with van der Waals surface area (Å²) in [6.07, 6.45) is 4.05. The van der Waals surface area contributed by atoms with Crippen molar-refractivity contribution in [1.82, 2.24) is 0 Å². The highest BCUT2D eigenvalue weighted by atomic mass is 127. The van der Waals surface area contributed by atoms with E-state index in [0.29, 0.717) is 0 Å². The molecule has 1 aromatic carbocycles. The highest BCUT2D eigenvalue weighted by Gasteiger charge is 1.88. The number of rotatable bonds is 3. The summed E-state index contributed by atoms with van der Waals surface area (Å²) in [5.74, 6) is 0. The molecule has 0 atom stereocenters. The number of hydrogen-bond donors (Lipinski definition) is 0. The third kappa shape index (κ3) is 2.81. The van der Waals surface area contributed by atoms with Gasteiger partial charge in [0, 0.05) is 4.43 Å². The normalized spacial score (nSPS) is 11.2. The van der Waals surface area contributed by atoms with Gasteiger partial charge in [-0.05, 0) is 11.1 Å². The molecule has 62 valence electrons. The summed E-state index contributed by atoms with van der Waals surface area (Å²) in [7, 11) is 0. The lowest BCUT2D eigenvalue weighted by molar-refractivity contribution is 1.59. The second-order valence-electron chi connectivity index (χ2n) is 2.47. The average molecular weight is 270 g/mol. The van der Waals surface area contributed by atoms with Crippen molar-refractivity contribution in [3.63, 3.8) is 0 Å². The van der Waals surface area contributed by atoms with Crippen LogP contribution in [0.25, 0.3) is 6.08 Å². The molecule has 0 N–H and O–H groups in total. The van der Waals surface area contributed by atoms with Gasteiger partial charge in [0.2, 0.25) is 0 Å². The van der Waals surface area contributed by atoms with E-state index < -0.39 is 0 Å². The number of halogens is 1. The summed E-state index contributed by atoms with van der Waals surface area (Å²) in [5, 5.41) is 0. The molecule has 0 heterocycles. The van der Waals surface area contributed by atoms with Crippen LogP contribution in [0, 0.1) is 0 Å². The van der Waals surface area contributed by atoms with E-state index in [2.05, 4.69) is 47.4 Å². The molecule has 0 bridgehead atoms. The van der Waals surface area contributed by atoms with Crippen molar-refractivity contribution in [1.29, 1.82) is 0 Å². The minimum absolute atomic E-state index is 1.01. The summed E-state index contributed by atoms with van der Waals surface area (Å²) >= 11 is 2.34. The molecule has 0 spiro atoms. The Morgan fingerprint density at radius 2 is 2.00 bits per heavy atom. The standard InChI is InChI=1S/C11H11I/c1-2-10(9-12)8-11-6-4-3-5-7-11/h2-8H,1,9H2. The average Bonchev–Trinajstić information content (AvgIpc) is 2.16. The maximum absolute atomic E-state index is 3.75. The van der Waals surface area contributed by atoms with Gasteiger partial charge < -0.3 is 0 Å². The zero-order chi connectivity index (χ0) is 8.81. The predicted molar refractivity (Wildman–Crippen MR) is 63.5 cm³/mol. The smallest absolute Gasteiger partial charge is 0.0247 e. The van der Waals surface area contributed by atoms with Crippen LogP contribution in [-0.2, 0) is 0 Å². The number of allylic oxidation sites excluding steroid dienone is 2. The van der Waals surface area contributed by atoms with E-state index in [1.807, 2.05) is 24.3 Å². The lowest BCUT2D eigenvalue weighted by Gasteiger charge is -1.95. The Labute approximate surface area is 87.1 Å². The molecule has 12 heavy (non-hydrogen) atoms. The molecule has 0 saturated carbocycles. The molecule has 1 aromatic rings. The quantitative estimate of drug-likeness (QED) is 0.446. The van der Waals surface area contributed by atoms with Gasteiger partial charge in [0.05, 0.1) is 0 Å². The Morgan fingerprint density at radius 3 is 2.50 bits per heavy atom. The van der Waals surface area contributed by atoms with E-state index in [1.54, 1.807) is 0 Å². The molecule has 0 aliphatic heterocycles. The summed E-state index contributed by atoms with van der Waals surface area (Å²) in [4.78, 5) is 0. The van der Waals surface area contributed by atoms with Crippen LogP contribution in [-0.4, -0.2) is 4.43 Å². The Balaban J connectivity index is 2.86. The minimum atomic E-state index is 1.01. The molecule has 0 fully saturated rings. The molecule has 0 radical (unpaired) electrons. The van der Waals surface area contributed by atoms with Crippen LogP contribution in [0.3, 0.4) is 0 Å². The third-order valence-electron chi connectivity index (χ3n) is 1.57. The molecule has 0 aromatic heterocycles. The van der Waals surface area contributed by atoms with E-state index >= 15 is 0 Å². The fraction of sp³-hybridized carbons (Fsp3) is 0.0909. The van der Waals surface area contributed by atoms with Crippen molar-refractivity contribution in [2.45, 2.75) is 0 Å². The second-order valence-corrected chi connectivity index (χ2v) is 3.23. The fourth-order valence-electron chi connectivity index (χ4n) is 0.915. The van der Waals surface area contributed by atoms with Gasteiger partial charge in [-0.1, -0.05) is 71.7 Å². The van der Waals surface area contributed by atoms with Crippen molar-refractivity contribution < 1.29 is 0 Å². The highest BCUT2D eigenvalue weighted by molar-refractivity contribution is 14.1. The maximum atomic E-state index is 3.75. The van der Waals surface area contributed by atoms with E-state index in [1.165, 1.54) is 11.1 Å². The van der Waals surface area contributed by atoms with Crippen LogP contribution in [0.5, 0.6) is 0 Å². The molecule has 0 amide bonds. The monoisotopic (exact) mass is 270 g/mol. The van der Waals surface area contributed by atoms with Gasteiger partial charge in [0.15, 0.2) is 0 Å². The molecule has 0 nitrogen and oxygen atoms in total. The lowest BCUT2D eigenvalue weighted by atomic mass is 10.1. The van der Waals surface area contributed by atoms with Crippen molar-refractivity contribution in [3.8, 4) is 0 Å². The van der Waals surface area contributed by atoms with Gasteiger partial charge in [-0.2, -0.15) is 0 Å². The van der Waals surface area contributed by atoms with Gasteiger partial charge in [-0.15, -0.1) is 0 Å². The van der Waals surface area contributed by atoms with Crippen molar-refractivity contribution >= 4 is 28.7 Å². The Kier molecular flexibility index (Phi) is 4.08. The summed E-state index contributed by atoms with van der Waals surface area (Å²) in [6.45, 7) is 3.75. The largest absolute Gasteiger partial charge is 0.0988 e. The molecule has 0 saturated heterocycles. The molecular formula is C11H11I. The SMILES string of the molecule is C=CC(=Cc1ccccc1)CI. The predicted octanol–water partition coefficient (Wildman–Crippen LogP) is 3.69. The Bertz CT molecular complexity index is 272. The first-order valence-corrected chi connectivity index (χ1v) is 5.33. The van der Waals surface area contributed by atoms with E-state index in [4.69, 9.17) is 0 Å². The zero-order valence-electron chi connectivity index (χ0n) is 6.83. The zero-order valence-corrected chi connectivity index (χ0v) is 8.99.